The molecule has 3 rings (SSSR count). The second-order valence-corrected chi connectivity index (χ2v) is 7.22. The summed E-state index contributed by atoms with van der Waals surface area (Å²) in [6, 6.07) is 0.169. The third-order valence-corrected chi connectivity index (χ3v) is 5.85. The van der Waals surface area contributed by atoms with Gasteiger partial charge in [-0.15, -0.1) is 0 Å². The Morgan fingerprint density at radius 1 is 1.26 bits per heavy atom. The molecule has 0 saturated heterocycles. The molecule has 0 unspecified atom stereocenters. The first kappa shape index (κ1) is 16.1. The van der Waals surface area contributed by atoms with Crippen LogP contribution in [0.25, 0.3) is 0 Å². The standard InChI is InChI=1S/C18H26N2O3/c1-9-15(18(22)23-4)11(3)19-16(9)17(21)20-10(2)14-8-12-5-6-13(14)7-12/h10,12-14,19H,5-8H2,1-4H3,(H,20,21)/t10-,12-,13-,14+/m0/s1. The summed E-state index contributed by atoms with van der Waals surface area (Å²) in [5.41, 5.74) is 2.27. The van der Waals surface area contributed by atoms with Gasteiger partial charge in [-0.1, -0.05) is 6.42 Å². The first-order valence-electron chi connectivity index (χ1n) is 8.50. The first-order valence-corrected chi connectivity index (χ1v) is 8.50. The zero-order chi connectivity index (χ0) is 16.7. The van der Waals surface area contributed by atoms with Crippen molar-refractivity contribution in [3.8, 4) is 0 Å². The van der Waals surface area contributed by atoms with E-state index >= 15 is 0 Å². The van der Waals surface area contributed by atoms with Crippen molar-refractivity contribution < 1.29 is 14.3 Å². The molecule has 5 nitrogen and oxygen atoms in total. The molecule has 1 aromatic rings. The molecule has 0 aromatic carbocycles. The number of H-pyrrole nitrogens is 1. The van der Waals surface area contributed by atoms with Gasteiger partial charge in [-0.25, -0.2) is 4.79 Å². The average molecular weight is 318 g/mol. The van der Waals surface area contributed by atoms with Gasteiger partial charge in [-0.05, 0) is 63.4 Å². The minimum Gasteiger partial charge on any atom is -0.465 e. The number of hydrogen-bond donors (Lipinski definition) is 2. The number of methoxy groups -OCH3 is 1. The van der Waals surface area contributed by atoms with Gasteiger partial charge in [0.25, 0.3) is 5.91 Å². The number of nitrogens with one attached hydrogen (secondary N) is 2. The Morgan fingerprint density at radius 2 is 2.00 bits per heavy atom. The fourth-order valence-corrected chi connectivity index (χ4v) is 4.68. The fourth-order valence-electron chi connectivity index (χ4n) is 4.68. The Labute approximate surface area is 137 Å². The zero-order valence-electron chi connectivity index (χ0n) is 14.4. The second-order valence-electron chi connectivity index (χ2n) is 7.22. The molecule has 1 aromatic heterocycles. The van der Waals surface area contributed by atoms with Crippen LogP contribution in [0.4, 0.5) is 0 Å². The Balaban J connectivity index is 1.72. The molecule has 23 heavy (non-hydrogen) atoms. The van der Waals surface area contributed by atoms with E-state index in [2.05, 4.69) is 17.2 Å². The Bertz CT molecular complexity index is 634. The highest BCUT2D eigenvalue weighted by Gasteiger charge is 2.42. The highest BCUT2D eigenvalue weighted by molar-refractivity contribution is 6.00. The lowest BCUT2D eigenvalue weighted by Gasteiger charge is -2.28. The molecule has 2 bridgehead atoms. The van der Waals surface area contributed by atoms with Crippen LogP contribution in [-0.4, -0.2) is 30.0 Å². The number of ether oxygens (including phenoxy) is 1. The van der Waals surface area contributed by atoms with Gasteiger partial charge in [0, 0.05) is 11.7 Å². The van der Waals surface area contributed by atoms with Crippen molar-refractivity contribution in [2.45, 2.75) is 52.5 Å². The van der Waals surface area contributed by atoms with E-state index in [-0.39, 0.29) is 11.9 Å². The zero-order valence-corrected chi connectivity index (χ0v) is 14.4. The van der Waals surface area contributed by atoms with E-state index in [0.717, 1.165) is 11.8 Å². The summed E-state index contributed by atoms with van der Waals surface area (Å²) in [4.78, 5) is 27.5. The van der Waals surface area contributed by atoms with E-state index in [0.29, 0.717) is 28.4 Å². The van der Waals surface area contributed by atoms with Gasteiger partial charge in [0.2, 0.25) is 0 Å². The van der Waals surface area contributed by atoms with Crippen LogP contribution in [0.3, 0.4) is 0 Å². The van der Waals surface area contributed by atoms with Gasteiger partial charge in [0.05, 0.1) is 12.7 Å². The van der Waals surface area contributed by atoms with Crippen LogP contribution in [0.5, 0.6) is 0 Å². The van der Waals surface area contributed by atoms with E-state index in [9.17, 15) is 9.59 Å². The largest absolute Gasteiger partial charge is 0.465 e. The topological polar surface area (TPSA) is 71.2 Å². The minimum atomic E-state index is -0.406. The molecular formula is C18H26N2O3. The maximum Gasteiger partial charge on any atom is 0.339 e. The van der Waals surface area contributed by atoms with Gasteiger partial charge >= 0.3 is 5.97 Å². The van der Waals surface area contributed by atoms with Crippen LogP contribution >= 0.6 is 0 Å². The summed E-state index contributed by atoms with van der Waals surface area (Å²) < 4.78 is 4.80. The van der Waals surface area contributed by atoms with Crippen molar-refractivity contribution in [2.24, 2.45) is 17.8 Å². The lowest BCUT2D eigenvalue weighted by molar-refractivity contribution is 0.0599. The highest BCUT2D eigenvalue weighted by Crippen LogP contribution is 2.49. The predicted molar refractivity (Wildman–Crippen MR) is 87.5 cm³/mol. The number of amides is 1. The molecule has 5 heteroatoms. The van der Waals surface area contributed by atoms with E-state index in [1.54, 1.807) is 13.8 Å². The lowest BCUT2D eigenvalue weighted by atomic mass is 9.84. The number of hydrogen-bond acceptors (Lipinski definition) is 3. The number of carbonyl (C=O) groups is 2. The van der Waals surface area contributed by atoms with Gasteiger partial charge in [0.1, 0.15) is 5.69 Å². The van der Waals surface area contributed by atoms with Crippen LogP contribution in [0.1, 0.15) is 64.7 Å². The summed E-state index contributed by atoms with van der Waals surface area (Å²) in [6.45, 7) is 5.68. The highest BCUT2D eigenvalue weighted by atomic mass is 16.5. The van der Waals surface area contributed by atoms with Crippen LogP contribution in [0.2, 0.25) is 0 Å². The number of aromatic nitrogens is 1. The van der Waals surface area contributed by atoms with Crippen molar-refractivity contribution in [3.63, 3.8) is 0 Å². The molecule has 2 N–H and O–H groups in total. The Kier molecular flexibility index (Phi) is 4.21. The predicted octanol–water partition coefficient (Wildman–Crippen LogP) is 2.97. The molecule has 2 fully saturated rings. The quantitative estimate of drug-likeness (QED) is 0.838. The second kappa shape index (κ2) is 6.02. The van der Waals surface area contributed by atoms with Crippen molar-refractivity contribution in [1.82, 2.24) is 10.3 Å². The van der Waals surface area contributed by atoms with Crippen LogP contribution in [0, 0.1) is 31.6 Å². The third-order valence-electron chi connectivity index (χ3n) is 5.85. The molecule has 0 spiro atoms. The van der Waals surface area contributed by atoms with Gasteiger partial charge < -0.3 is 15.0 Å². The number of rotatable bonds is 4. The van der Waals surface area contributed by atoms with Crippen molar-refractivity contribution in [2.75, 3.05) is 7.11 Å². The monoisotopic (exact) mass is 318 g/mol. The van der Waals surface area contributed by atoms with Crippen molar-refractivity contribution in [3.05, 3.63) is 22.5 Å². The molecule has 2 aliphatic carbocycles. The molecule has 0 radical (unpaired) electrons. The average Bonchev–Trinajstić information content (AvgIpc) is 3.21. The Morgan fingerprint density at radius 3 is 2.57 bits per heavy atom. The van der Waals surface area contributed by atoms with E-state index in [4.69, 9.17) is 4.74 Å². The minimum absolute atomic E-state index is 0.129. The maximum atomic E-state index is 12.6. The maximum absolute atomic E-state index is 12.6. The number of aromatic amines is 1. The van der Waals surface area contributed by atoms with Crippen molar-refractivity contribution >= 4 is 11.9 Å². The van der Waals surface area contributed by atoms with Gasteiger partial charge in [-0.2, -0.15) is 0 Å². The summed E-state index contributed by atoms with van der Waals surface area (Å²) >= 11 is 0. The molecule has 0 aliphatic heterocycles. The molecule has 1 heterocycles. The molecule has 2 saturated carbocycles. The first-order chi connectivity index (χ1) is 10.9. The number of carbonyl (C=O) groups excluding carboxylic acids is 2. The van der Waals surface area contributed by atoms with Crippen LogP contribution in [0.15, 0.2) is 0 Å². The smallest absolute Gasteiger partial charge is 0.339 e. The third kappa shape index (κ3) is 2.77. The van der Waals surface area contributed by atoms with E-state index in [1.165, 1.54) is 32.8 Å². The molecule has 126 valence electrons. The summed E-state index contributed by atoms with van der Waals surface area (Å²) in [6.07, 6.45) is 5.24. The summed E-state index contributed by atoms with van der Waals surface area (Å²) in [7, 11) is 1.35. The fraction of sp³-hybridized carbons (Fsp3) is 0.667. The van der Waals surface area contributed by atoms with E-state index < -0.39 is 5.97 Å². The molecular weight excluding hydrogens is 292 g/mol. The molecule has 4 atom stereocenters. The normalized spacial score (nSPS) is 27.0. The SMILES string of the molecule is COC(=O)c1c(C)[nH]c(C(=O)N[C@@H](C)[C@H]2C[C@H]3CC[C@H]2C3)c1C. The van der Waals surface area contributed by atoms with Gasteiger partial charge in [0.15, 0.2) is 0 Å². The number of esters is 1. The number of aryl methyl sites for hydroxylation is 1. The summed E-state index contributed by atoms with van der Waals surface area (Å²) in [5.74, 6) is 1.69. The van der Waals surface area contributed by atoms with E-state index in [1.807, 2.05) is 0 Å². The Hall–Kier alpha value is -1.78. The molecule has 2 aliphatic rings. The molecule has 1 amide bonds. The van der Waals surface area contributed by atoms with Gasteiger partial charge in [-0.3, -0.25) is 4.79 Å². The van der Waals surface area contributed by atoms with Crippen LogP contribution in [-0.2, 0) is 4.74 Å². The lowest BCUT2D eigenvalue weighted by Crippen LogP contribution is -2.40. The van der Waals surface area contributed by atoms with Crippen LogP contribution < -0.4 is 5.32 Å². The summed E-state index contributed by atoms with van der Waals surface area (Å²) in [5, 5.41) is 3.14. The number of fused-ring (bicyclic) bond motifs is 2. The van der Waals surface area contributed by atoms with Crippen molar-refractivity contribution in [1.29, 1.82) is 0 Å².